The summed E-state index contributed by atoms with van der Waals surface area (Å²) in [6.07, 6.45) is 38.1. The van der Waals surface area contributed by atoms with Crippen LogP contribution in [-0.4, -0.2) is 69.5 Å². The molecule has 55 heavy (non-hydrogen) atoms. The molecule has 10 heteroatoms. The van der Waals surface area contributed by atoms with Gasteiger partial charge in [0.05, 0.1) is 20.7 Å². The molecule has 0 spiro atoms. The van der Waals surface area contributed by atoms with Crippen molar-refractivity contribution in [1.82, 2.24) is 0 Å². The molecule has 0 aliphatic heterocycles. The third-order valence-electron chi connectivity index (χ3n) is 10.6. The lowest BCUT2D eigenvalue weighted by Gasteiger charge is -2.33. The second-order valence-electron chi connectivity index (χ2n) is 16.7. The fourth-order valence-electron chi connectivity index (χ4n) is 7.15. The van der Waals surface area contributed by atoms with Crippen LogP contribution in [0, 0.1) is 0 Å². The van der Waals surface area contributed by atoms with Crippen molar-refractivity contribution in [3.05, 3.63) is 0 Å². The minimum Gasteiger partial charge on any atom is -0.756 e. The van der Waals surface area contributed by atoms with E-state index in [1.54, 1.807) is 6.92 Å². The van der Waals surface area contributed by atoms with Crippen LogP contribution in [0.4, 0.5) is 0 Å². The Hall–Kier alpha value is -0.990. The average Bonchev–Trinajstić information content (AvgIpc) is 3.13. The number of phosphoric ester groups is 1. The molecule has 0 saturated heterocycles. The summed E-state index contributed by atoms with van der Waals surface area (Å²) < 4.78 is 33.3. The number of rotatable bonds is 43. The maximum absolute atomic E-state index is 12.9. The van der Waals surface area contributed by atoms with Crippen molar-refractivity contribution in [2.45, 2.75) is 232 Å². The number of nitrogens with zero attached hydrogens (tertiary/aromatic N) is 1. The minimum atomic E-state index is -4.34. The zero-order valence-electron chi connectivity index (χ0n) is 36.9. The molecule has 2 atom stereocenters. The van der Waals surface area contributed by atoms with Crippen molar-refractivity contribution in [3.8, 4) is 0 Å². The average molecular weight is 804 g/mol. The molecule has 9 nitrogen and oxygen atoms in total. The van der Waals surface area contributed by atoms with E-state index in [1.807, 2.05) is 14.1 Å². The number of esters is 2. The molecule has 0 aromatic rings. The van der Waals surface area contributed by atoms with Crippen molar-refractivity contribution in [2.24, 2.45) is 0 Å². The number of quaternary nitrogens is 1. The van der Waals surface area contributed by atoms with Gasteiger partial charge in [0.2, 0.25) is 0 Å². The molecule has 0 bridgehead atoms. The van der Waals surface area contributed by atoms with Crippen molar-refractivity contribution < 1.29 is 42.1 Å². The number of ether oxygens (including phenoxy) is 2. The van der Waals surface area contributed by atoms with Crippen LogP contribution >= 0.6 is 7.82 Å². The minimum absolute atomic E-state index is 0.0102. The number of hydrogen-bond donors (Lipinski definition) is 0. The van der Waals surface area contributed by atoms with Gasteiger partial charge in [0, 0.05) is 12.8 Å². The van der Waals surface area contributed by atoms with Gasteiger partial charge in [-0.15, -0.1) is 0 Å². The van der Waals surface area contributed by atoms with E-state index in [-0.39, 0.29) is 31.8 Å². The Labute approximate surface area is 340 Å². The molecule has 0 fully saturated rings. The first-order chi connectivity index (χ1) is 26.5. The summed E-state index contributed by atoms with van der Waals surface area (Å²) in [6.45, 7) is 6.77. The van der Waals surface area contributed by atoms with Crippen LogP contribution in [-0.2, 0) is 32.7 Å². The van der Waals surface area contributed by atoms with Crippen LogP contribution in [0.2, 0.25) is 0 Å². The monoisotopic (exact) mass is 804 g/mol. The summed E-state index contributed by atoms with van der Waals surface area (Å²) >= 11 is 0. The molecular weight excluding hydrogens is 713 g/mol. The van der Waals surface area contributed by atoms with E-state index in [9.17, 15) is 19.0 Å². The van der Waals surface area contributed by atoms with E-state index in [4.69, 9.17) is 14.0 Å². The van der Waals surface area contributed by atoms with E-state index in [2.05, 4.69) is 18.4 Å². The maximum Gasteiger partial charge on any atom is 0.306 e. The van der Waals surface area contributed by atoms with Gasteiger partial charge in [-0.1, -0.05) is 194 Å². The molecule has 0 amide bonds. The van der Waals surface area contributed by atoms with Gasteiger partial charge in [-0.2, -0.15) is 0 Å². The third kappa shape index (κ3) is 39.6. The maximum atomic E-state index is 12.9. The molecule has 0 N–H and O–H groups in total. The lowest BCUT2D eigenvalue weighted by molar-refractivity contribution is -0.893. The molecule has 0 rings (SSSR count). The normalized spacial score (nSPS) is 13.5. The Morgan fingerprint density at radius 1 is 0.527 bits per heavy atom. The Morgan fingerprint density at radius 2 is 0.873 bits per heavy atom. The fourth-order valence-corrected chi connectivity index (χ4v) is 7.84. The molecular formula is C45H90NO8P. The van der Waals surface area contributed by atoms with Crippen LogP contribution in [0.3, 0.4) is 0 Å². The fraction of sp³-hybridized carbons (Fsp3) is 0.956. The Bertz CT molecular complexity index is 917. The lowest BCUT2D eigenvalue weighted by atomic mass is 10.0. The molecule has 328 valence electrons. The summed E-state index contributed by atoms with van der Waals surface area (Å²) in [5, 5.41) is 0. The Morgan fingerprint density at radius 3 is 1.24 bits per heavy atom. The molecule has 0 heterocycles. The van der Waals surface area contributed by atoms with Crippen molar-refractivity contribution >= 4 is 19.8 Å². The van der Waals surface area contributed by atoms with Crippen LogP contribution < -0.4 is 4.89 Å². The molecule has 0 aliphatic rings. The topological polar surface area (TPSA) is 111 Å². The van der Waals surface area contributed by atoms with Crippen LogP contribution in [0.25, 0.3) is 0 Å². The predicted octanol–water partition coefficient (Wildman–Crippen LogP) is 12.6. The number of carbonyl (C=O) groups excluding carboxylic acids is 2. The standard InChI is InChI=1S/C45H90NO8P/c1-6-9-11-13-15-17-19-21-23-25-27-29-31-33-35-37-44(47)51-42-43(41-46(4,5)39-40-53-55(49,50)52-8-3)54-45(48)38-36-34-32-30-28-26-24-22-20-18-16-14-12-10-7-2/h43H,6-42H2,1-5H3. The largest absolute Gasteiger partial charge is 0.756 e. The molecule has 0 saturated carbocycles. The summed E-state index contributed by atoms with van der Waals surface area (Å²) in [5.74, 6) is -0.550. The van der Waals surface area contributed by atoms with E-state index >= 15 is 0 Å². The third-order valence-corrected chi connectivity index (χ3v) is 11.7. The summed E-state index contributed by atoms with van der Waals surface area (Å²) in [5.41, 5.74) is 0. The quantitative estimate of drug-likeness (QED) is 0.0259. The van der Waals surface area contributed by atoms with Gasteiger partial charge in [-0.05, 0) is 19.8 Å². The van der Waals surface area contributed by atoms with Crippen LogP contribution in [0.1, 0.15) is 226 Å². The Balaban J connectivity index is 4.39. The Kier molecular flexibility index (Phi) is 37.8. The van der Waals surface area contributed by atoms with Gasteiger partial charge in [0.15, 0.2) is 6.10 Å². The SMILES string of the molecule is CCCCCCCCCCCCCCCCCC(=O)OCC(C[N+](C)(C)CCOP(=O)([O-])OCC)OC(=O)CCCCCCCCCCCCCCCCC. The smallest absolute Gasteiger partial charge is 0.306 e. The van der Waals surface area contributed by atoms with E-state index in [0.717, 1.165) is 38.5 Å². The molecule has 0 aromatic carbocycles. The highest BCUT2D eigenvalue weighted by Gasteiger charge is 2.27. The van der Waals surface area contributed by atoms with Gasteiger partial charge in [0.1, 0.15) is 26.3 Å². The van der Waals surface area contributed by atoms with Crippen molar-refractivity contribution in [3.63, 3.8) is 0 Å². The first kappa shape index (κ1) is 54.0. The van der Waals surface area contributed by atoms with E-state index < -0.39 is 13.9 Å². The van der Waals surface area contributed by atoms with Gasteiger partial charge in [0.25, 0.3) is 7.82 Å². The second kappa shape index (κ2) is 38.5. The summed E-state index contributed by atoms with van der Waals surface area (Å²) in [4.78, 5) is 37.4. The first-order valence-corrected chi connectivity index (χ1v) is 24.8. The van der Waals surface area contributed by atoms with Gasteiger partial charge in [-0.3, -0.25) is 14.2 Å². The highest BCUT2D eigenvalue weighted by atomic mass is 31.2. The number of phosphoric acid groups is 1. The molecule has 2 unspecified atom stereocenters. The highest BCUT2D eigenvalue weighted by Crippen LogP contribution is 2.37. The number of carbonyl (C=O) groups is 2. The number of likely N-dealkylation sites (N-methyl/N-ethyl adjacent to an activating group) is 1. The molecule has 0 aliphatic carbocycles. The lowest BCUT2D eigenvalue weighted by Crippen LogP contribution is -2.49. The van der Waals surface area contributed by atoms with Gasteiger partial charge >= 0.3 is 11.9 Å². The zero-order valence-corrected chi connectivity index (χ0v) is 37.8. The zero-order chi connectivity index (χ0) is 40.7. The van der Waals surface area contributed by atoms with Crippen LogP contribution in [0.15, 0.2) is 0 Å². The molecule has 0 radical (unpaired) electrons. The van der Waals surface area contributed by atoms with E-state index in [0.29, 0.717) is 30.4 Å². The van der Waals surface area contributed by atoms with Gasteiger partial charge in [-0.25, -0.2) is 0 Å². The summed E-state index contributed by atoms with van der Waals surface area (Å²) in [7, 11) is -0.524. The first-order valence-electron chi connectivity index (χ1n) is 23.3. The van der Waals surface area contributed by atoms with Crippen molar-refractivity contribution in [2.75, 3.05) is 47.0 Å². The van der Waals surface area contributed by atoms with E-state index in [1.165, 1.54) is 154 Å². The number of hydrogen-bond acceptors (Lipinski definition) is 8. The molecule has 0 aromatic heterocycles. The number of unbranched alkanes of at least 4 members (excludes halogenated alkanes) is 28. The highest BCUT2D eigenvalue weighted by molar-refractivity contribution is 7.45. The van der Waals surface area contributed by atoms with Gasteiger partial charge < -0.3 is 27.9 Å². The summed E-state index contributed by atoms with van der Waals surface area (Å²) in [6, 6.07) is 0. The van der Waals surface area contributed by atoms with Crippen molar-refractivity contribution in [1.29, 1.82) is 0 Å². The van der Waals surface area contributed by atoms with Crippen LogP contribution in [0.5, 0.6) is 0 Å². The predicted molar refractivity (Wildman–Crippen MR) is 227 cm³/mol. The second-order valence-corrected chi connectivity index (χ2v) is 18.1.